The maximum absolute atomic E-state index is 13.5. The van der Waals surface area contributed by atoms with E-state index in [4.69, 9.17) is 33.2 Å². The second kappa shape index (κ2) is 15.3. The highest BCUT2D eigenvalue weighted by Crippen LogP contribution is 2.38. The second-order valence-electron chi connectivity index (χ2n) is 11.6. The molecule has 2 saturated heterocycles. The molecule has 7 rings (SSSR count). The molecule has 0 N–H and O–H groups in total. The van der Waals surface area contributed by atoms with Gasteiger partial charge in [0.1, 0.15) is 29.8 Å². The highest BCUT2D eigenvalue weighted by Gasteiger charge is 2.53. The number of carbonyl (C=O) groups excluding carboxylic acids is 2. The lowest BCUT2D eigenvalue weighted by atomic mass is 9.97. The first kappa shape index (κ1) is 32.2. The molecule has 248 valence electrons. The zero-order chi connectivity index (χ0) is 33.4. The second-order valence-corrected chi connectivity index (χ2v) is 11.6. The number of fused-ring (bicyclic) bond motifs is 1. The average Bonchev–Trinajstić information content (AvgIpc) is 3.16. The van der Waals surface area contributed by atoms with Crippen LogP contribution in [0, 0.1) is 0 Å². The van der Waals surface area contributed by atoms with Crippen LogP contribution in [0.5, 0.6) is 11.5 Å². The van der Waals surface area contributed by atoms with Gasteiger partial charge in [0.2, 0.25) is 6.29 Å². The molecule has 2 aliphatic rings. The van der Waals surface area contributed by atoms with E-state index in [2.05, 4.69) is 0 Å². The Bertz CT molecular complexity index is 1800. The van der Waals surface area contributed by atoms with E-state index >= 15 is 0 Å². The van der Waals surface area contributed by atoms with Crippen LogP contribution in [0.25, 0.3) is 0 Å². The monoisotopic (exact) mass is 658 g/mol. The van der Waals surface area contributed by atoms with Gasteiger partial charge in [0.25, 0.3) is 0 Å². The lowest BCUT2D eigenvalue weighted by Gasteiger charge is -2.48. The summed E-state index contributed by atoms with van der Waals surface area (Å²) in [6.45, 7) is 0.408. The van der Waals surface area contributed by atoms with E-state index in [1.165, 1.54) is 0 Å². The van der Waals surface area contributed by atoms with Crippen molar-refractivity contribution in [2.75, 3.05) is 6.61 Å². The first-order chi connectivity index (χ1) is 24.1. The molecule has 5 aromatic rings. The van der Waals surface area contributed by atoms with E-state index in [1.54, 1.807) is 72.8 Å². The van der Waals surface area contributed by atoms with E-state index in [0.29, 0.717) is 22.6 Å². The van der Waals surface area contributed by atoms with Crippen LogP contribution in [-0.4, -0.2) is 49.3 Å². The summed E-state index contributed by atoms with van der Waals surface area (Å²) in [7, 11) is 0. The fourth-order valence-corrected chi connectivity index (χ4v) is 5.73. The quantitative estimate of drug-likeness (QED) is 0.117. The molecule has 2 aliphatic heterocycles. The molecule has 0 saturated carbocycles. The predicted octanol–water partition coefficient (Wildman–Crippen LogP) is 6.93. The number of benzene rings is 5. The van der Waals surface area contributed by atoms with Crippen molar-refractivity contribution in [1.29, 1.82) is 0 Å². The lowest BCUT2D eigenvalue weighted by Crippen LogP contribution is -2.64. The van der Waals surface area contributed by atoms with E-state index in [9.17, 15) is 9.59 Å². The fraction of sp³-hybridized carbons (Fsp3) is 0.200. The Morgan fingerprint density at radius 3 is 1.84 bits per heavy atom. The Morgan fingerprint density at radius 1 is 0.612 bits per heavy atom. The maximum Gasteiger partial charge on any atom is 0.343 e. The van der Waals surface area contributed by atoms with E-state index in [1.807, 2.05) is 72.8 Å². The number of carbonyl (C=O) groups is 2. The van der Waals surface area contributed by atoms with Crippen molar-refractivity contribution in [3.8, 4) is 11.5 Å². The molecule has 2 heterocycles. The van der Waals surface area contributed by atoms with Crippen LogP contribution in [0.1, 0.15) is 38.1 Å². The summed E-state index contributed by atoms with van der Waals surface area (Å²) >= 11 is 0. The zero-order valence-electron chi connectivity index (χ0n) is 26.4. The molecule has 0 amide bonds. The normalized spacial score (nSPS) is 23.1. The van der Waals surface area contributed by atoms with Crippen LogP contribution in [0.3, 0.4) is 0 Å². The van der Waals surface area contributed by atoms with Crippen LogP contribution in [0.15, 0.2) is 146 Å². The number of esters is 2. The van der Waals surface area contributed by atoms with Gasteiger partial charge in [0.05, 0.1) is 24.3 Å². The molecule has 1 unspecified atom stereocenters. The number of ether oxygens (including phenoxy) is 7. The van der Waals surface area contributed by atoms with Crippen molar-refractivity contribution in [3.05, 3.63) is 168 Å². The third kappa shape index (κ3) is 7.88. The molecule has 0 aromatic heterocycles. The van der Waals surface area contributed by atoms with Crippen LogP contribution in [-0.2, 0) is 30.3 Å². The topological polar surface area (TPSA) is 98.8 Å². The van der Waals surface area contributed by atoms with Gasteiger partial charge in [0.15, 0.2) is 12.4 Å². The Hall–Kier alpha value is -5.32. The lowest BCUT2D eigenvalue weighted by molar-refractivity contribution is -0.355. The van der Waals surface area contributed by atoms with Crippen molar-refractivity contribution in [1.82, 2.24) is 0 Å². The van der Waals surface area contributed by atoms with Crippen molar-refractivity contribution >= 4 is 11.9 Å². The molecule has 0 spiro atoms. The Kier molecular flexibility index (Phi) is 10.0. The average molecular weight is 659 g/mol. The van der Waals surface area contributed by atoms with Crippen LogP contribution >= 0.6 is 0 Å². The van der Waals surface area contributed by atoms with Gasteiger partial charge in [-0.2, -0.15) is 0 Å². The highest BCUT2D eigenvalue weighted by molar-refractivity contribution is 5.91. The van der Waals surface area contributed by atoms with Crippen molar-refractivity contribution in [2.24, 2.45) is 0 Å². The van der Waals surface area contributed by atoms with Gasteiger partial charge in [-0.05, 0) is 54.1 Å². The third-order valence-corrected chi connectivity index (χ3v) is 8.19. The van der Waals surface area contributed by atoms with Gasteiger partial charge in [0, 0.05) is 5.56 Å². The summed E-state index contributed by atoms with van der Waals surface area (Å²) < 4.78 is 43.7. The predicted molar refractivity (Wildman–Crippen MR) is 178 cm³/mol. The third-order valence-electron chi connectivity index (χ3n) is 8.19. The number of hydrogen-bond acceptors (Lipinski definition) is 9. The Morgan fingerprint density at radius 2 is 1.18 bits per heavy atom. The number of hydrogen-bond donors (Lipinski definition) is 0. The largest absolute Gasteiger partial charge is 0.461 e. The SMILES string of the molecule is O=C(Oc1ccc(O[C@@H]2O[C@@H]3COC(c4ccccc4)O[C@H]3[C@H](OCc3ccccc3)[C@H]2OC(=O)c2ccccc2)cc1)c1ccccc1. The molecular weight excluding hydrogens is 624 g/mol. The summed E-state index contributed by atoms with van der Waals surface area (Å²) in [5.41, 5.74) is 2.57. The molecule has 0 bridgehead atoms. The van der Waals surface area contributed by atoms with Crippen LogP contribution in [0.2, 0.25) is 0 Å². The molecule has 0 aliphatic carbocycles. The van der Waals surface area contributed by atoms with Gasteiger partial charge in [-0.15, -0.1) is 0 Å². The summed E-state index contributed by atoms with van der Waals surface area (Å²) in [6.07, 6.45) is -4.92. The maximum atomic E-state index is 13.5. The smallest absolute Gasteiger partial charge is 0.343 e. The molecule has 6 atom stereocenters. The van der Waals surface area contributed by atoms with Gasteiger partial charge in [-0.3, -0.25) is 0 Å². The summed E-state index contributed by atoms with van der Waals surface area (Å²) in [5, 5.41) is 0. The number of rotatable bonds is 10. The molecule has 5 aromatic carbocycles. The van der Waals surface area contributed by atoms with Gasteiger partial charge in [-0.25, -0.2) is 9.59 Å². The summed E-state index contributed by atoms with van der Waals surface area (Å²) in [5.74, 6) is -0.314. The van der Waals surface area contributed by atoms with Gasteiger partial charge >= 0.3 is 11.9 Å². The minimum atomic E-state index is -1.10. The Labute approximate surface area is 283 Å². The fourth-order valence-electron chi connectivity index (χ4n) is 5.73. The van der Waals surface area contributed by atoms with E-state index in [0.717, 1.165) is 11.1 Å². The minimum absolute atomic E-state index is 0.184. The molecule has 9 heteroatoms. The first-order valence-corrected chi connectivity index (χ1v) is 16.0. The molecule has 49 heavy (non-hydrogen) atoms. The van der Waals surface area contributed by atoms with Gasteiger partial charge in [-0.1, -0.05) is 97.1 Å². The van der Waals surface area contributed by atoms with Crippen molar-refractivity contribution < 1.29 is 42.7 Å². The van der Waals surface area contributed by atoms with E-state index in [-0.39, 0.29) is 13.2 Å². The standard InChI is InChI=1S/C40H34O9/c41-37(28-15-7-2-8-16-28)45-31-21-23-32(24-22-31)46-40-36(48-38(42)29-17-9-3-10-18-29)35(43-25-27-13-5-1-6-14-27)34-33(47-40)26-44-39(49-34)30-19-11-4-12-20-30/h1-24,33-36,39-40H,25-26H2/t33-,34-,35+,36-,39?,40-/m1/s1. The first-order valence-electron chi connectivity index (χ1n) is 16.0. The highest BCUT2D eigenvalue weighted by atomic mass is 16.8. The van der Waals surface area contributed by atoms with Gasteiger partial charge < -0.3 is 33.2 Å². The minimum Gasteiger partial charge on any atom is -0.461 e. The summed E-state index contributed by atoms with van der Waals surface area (Å²) in [6, 6.07) is 43.3. The molecular formula is C40H34O9. The molecule has 0 radical (unpaired) electrons. The molecule has 9 nitrogen and oxygen atoms in total. The van der Waals surface area contributed by atoms with Crippen molar-refractivity contribution in [3.63, 3.8) is 0 Å². The van der Waals surface area contributed by atoms with Crippen LogP contribution in [0.4, 0.5) is 0 Å². The van der Waals surface area contributed by atoms with Crippen molar-refractivity contribution in [2.45, 2.75) is 43.6 Å². The molecule has 2 fully saturated rings. The summed E-state index contributed by atoms with van der Waals surface area (Å²) in [4.78, 5) is 26.1. The van der Waals surface area contributed by atoms with Crippen LogP contribution < -0.4 is 9.47 Å². The zero-order valence-corrected chi connectivity index (χ0v) is 26.4. The van der Waals surface area contributed by atoms with E-state index < -0.39 is 48.9 Å². The Balaban J connectivity index is 1.16.